The summed E-state index contributed by atoms with van der Waals surface area (Å²) in [6.45, 7) is 0. The number of aromatic nitrogens is 1. The molecule has 3 nitrogen and oxygen atoms in total. The van der Waals surface area contributed by atoms with Crippen molar-refractivity contribution in [2.45, 2.75) is 0 Å². The van der Waals surface area contributed by atoms with E-state index in [0.717, 1.165) is 44.4 Å². The summed E-state index contributed by atoms with van der Waals surface area (Å²) in [6.07, 6.45) is 0. The molecule has 1 aromatic heterocycles. The highest BCUT2D eigenvalue weighted by atomic mass is 15.0. The molecule has 0 unspecified atom stereocenters. The summed E-state index contributed by atoms with van der Waals surface area (Å²) >= 11 is 0. The molecular formula is C38H21N3. The Morgan fingerprint density at radius 1 is 0.439 bits per heavy atom. The minimum Gasteiger partial charge on any atom is -0.308 e. The fraction of sp³-hybridized carbons (Fsp3) is 0. The summed E-state index contributed by atoms with van der Waals surface area (Å²) in [7, 11) is 0. The molecule has 8 rings (SSSR count). The van der Waals surface area contributed by atoms with Crippen LogP contribution in [0.5, 0.6) is 0 Å². The van der Waals surface area contributed by atoms with Gasteiger partial charge in [0.15, 0.2) is 0 Å². The molecule has 0 aliphatic heterocycles. The molecule has 1 aliphatic rings. The molecular weight excluding hydrogens is 498 g/mol. The Bertz CT molecular complexity index is 2260. The molecule has 3 heteroatoms. The lowest BCUT2D eigenvalue weighted by Gasteiger charge is -2.17. The van der Waals surface area contributed by atoms with Crippen LogP contribution in [0.2, 0.25) is 0 Å². The van der Waals surface area contributed by atoms with Crippen LogP contribution in [0.1, 0.15) is 11.1 Å². The van der Waals surface area contributed by atoms with Crippen LogP contribution < -0.4 is 0 Å². The maximum absolute atomic E-state index is 10.2. The van der Waals surface area contributed by atoms with E-state index in [4.69, 9.17) is 0 Å². The first-order chi connectivity index (χ1) is 20.3. The summed E-state index contributed by atoms with van der Waals surface area (Å²) in [4.78, 5) is 0. The summed E-state index contributed by atoms with van der Waals surface area (Å²) in [6, 6.07) is 48.2. The van der Waals surface area contributed by atoms with Crippen molar-refractivity contribution in [2.75, 3.05) is 0 Å². The average Bonchev–Trinajstić information content (AvgIpc) is 3.55. The molecule has 0 bridgehead atoms. The zero-order valence-electron chi connectivity index (χ0n) is 22.0. The zero-order valence-corrected chi connectivity index (χ0v) is 22.0. The molecule has 0 radical (unpaired) electrons. The maximum atomic E-state index is 10.2. The SMILES string of the molecule is N#Cc1ccccc1-c1c(-c2ccccc2C#N)n(-c2ccc3c4c(cccc24)-c2ccccc2-3)c2ccccc12. The van der Waals surface area contributed by atoms with Gasteiger partial charge >= 0.3 is 0 Å². The van der Waals surface area contributed by atoms with Gasteiger partial charge in [0.1, 0.15) is 0 Å². The summed E-state index contributed by atoms with van der Waals surface area (Å²) in [5.74, 6) is 0. The lowest BCUT2D eigenvalue weighted by molar-refractivity contribution is 1.15. The van der Waals surface area contributed by atoms with Crippen molar-refractivity contribution in [2.24, 2.45) is 0 Å². The van der Waals surface area contributed by atoms with Gasteiger partial charge < -0.3 is 4.57 Å². The van der Waals surface area contributed by atoms with E-state index in [-0.39, 0.29) is 0 Å². The predicted octanol–water partition coefficient (Wildman–Crippen LogP) is 9.51. The van der Waals surface area contributed by atoms with Crippen LogP contribution in [-0.4, -0.2) is 4.57 Å². The van der Waals surface area contributed by atoms with Gasteiger partial charge in [-0.25, -0.2) is 0 Å². The van der Waals surface area contributed by atoms with E-state index in [1.54, 1.807) is 0 Å². The third-order valence-electron chi connectivity index (χ3n) is 8.26. The fourth-order valence-corrected chi connectivity index (χ4v) is 6.59. The van der Waals surface area contributed by atoms with Gasteiger partial charge in [0.2, 0.25) is 0 Å². The van der Waals surface area contributed by atoms with Crippen LogP contribution in [0.3, 0.4) is 0 Å². The molecule has 0 atom stereocenters. The number of nitrogens with zero attached hydrogens (tertiary/aromatic N) is 3. The first-order valence-electron chi connectivity index (χ1n) is 13.6. The molecule has 0 spiro atoms. The van der Waals surface area contributed by atoms with Crippen LogP contribution in [-0.2, 0) is 0 Å². The molecule has 7 aromatic rings. The quantitative estimate of drug-likeness (QED) is 0.233. The molecule has 1 heterocycles. The number of hydrogen-bond acceptors (Lipinski definition) is 2. The Labute approximate surface area is 237 Å². The number of para-hydroxylation sites is 1. The van der Waals surface area contributed by atoms with Gasteiger partial charge in [0.25, 0.3) is 0 Å². The first kappa shape index (κ1) is 23.0. The minimum atomic E-state index is 0.589. The number of fused-ring (bicyclic) bond motifs is 4. The predicted molar refractivity (Wildman–Crippen MR) is 166 cm³/mol. The molecule has 41 heavy (non-hydrogen) atoms. The van der Waals surface area contributed by atoms with Gasteiger partial charge in [-0.3, -0.25) is 0 Å². The molecule has 0 N–H and O–H groups in total. The van der Waals surface area contributed by atoms with Crippen LogP contribution in [0.25, 0.3) is 72.0 Å². The third-order valence-corrected chi connectivity index (χ3v) is 8.26. The summed E-state index contributed by atoms with van der Waals surface area (Å²) < 4.78 is 2.29. The van der Waals surface area contributed by atoms with Crippen molar-refractivity contribution in [3.63, 3.8) is 0 Å². The van der Waals surface area contributed by atoms with Crippen LogP contribution in [0.15, 0.2) is 127 Å². The van der Waals surface area contributed by atoms with Gasteiger partial charge in [0.05, 0.1) is 40.2 Å². The molecule has 0 saturated heterocycles. The monoisotopic (exact) mass is 519 g/mol. The van der Waals surface area contributed by atoms with Gasteiger partial charge in [-0.2, -0.15) is 10.5 Å². The second kappa shape index (κ2) is 8.82. The standard InChI is InChI=1S/C38H21N3/c39-22-24-10-1-3-12-26(24)37-33-16-7-8-19-34(33)41(38(37)27-13-4-2-11-25(27)23-40)35-21-20-31-29-15-6-5-14-28(29)30-17-9-18-32(35)36(30)31/h1-21H. The van der Waals surface area contributed by atoms with E-state index in [0.29, 0.717) is 11.1 Å². The smallest absolute Gasteiger partial charge is 0.0998 e. The van der Waals surface area contributed by atoms with Gasteiger partial charge in [-0.05, 0) is 51.9 Å². The Kier molecular flexibility index (Phi) is 4.95. The Morgan fingerprint density at radius 2 is 0.976 bits per heavy atom. The van der Waals surface area contributed by atoms with Crippen LogP contribution in [0.4, 0.5) is 0 Å². The van der Waals surface area contributed by atoms with E-state index in [9.17, 15) is 10.5 Å². The highest BCUT2D eigenvalue weighted by molar-refractivity contribution is 6.18. The molecule has 6 aromatic carbocycles. The normalized spacial score (nSPS) is 11.4. The van der Waals surface area contributed by atoms with Crippen LogP contribution in [0, 0.1) is 22.7 Å². The number of rotatable bonds is 3. The number of benzene rings is 6. The van der Waals surface area contributed by atoms with Gasteiger partial charge in [-0.1, -0.05) is 103 Å². The molecule has 0 fully saturated rings. The second-order valence-corrected chi connectivity index (χ2v) is 10.3. The Hall–Kier alpha value is -5.90. The fourth-order valence-electron chi connectivity index (χ4n) is 6.59. The Balaban J connectivity index is 1.57. The second-order valence-electron chi connectivity index (χ2n) is 10.3. The van der Waals surface area contributed by atoms with Crippen molar-refractivity contribution in [1.82, 2.24) is 4.57 Å². The van der Waals surface area contributed by atoms with Crippen molar-refractivity contribution in [3.05, 3.63) is 139 Å². The summed E-state index contributed by atoms with van der Waals surface area (Å²) in [5.41, 5.74) is 11.8. The van der Waals surface area contributed by atoms with E-state index in [1.165, 1.54) is 27.6 Å². The average molecular weight is 520 g/mol. The highest BCUT2D eigenvalue weighted by Crippen LogP contribution is 2.50. The van der Waals surface area contributed by atoms with Crippen molar-refractivity contribution in [3.8, 4) is 62.5 Å². The van der Waals surface area contributed by atoms with E-state index in [1.807, 2.05) is 54.6 Å². The maximum Gasteiger partial charge on any atom is 0.0998 e. The first-order valence-corrected chi connectivity index (χ1v) is 13.6. The van der Waals surface area contributed by atoms with E-state index in [2.05, 4.69) is 89.5 Å². The lowest BCUT2D eigenvalue weighted by atomic mass is 9.93. The molecule has 0 amide bonds. The minimum absolute atomic E-state index is 0.589. The Morgan fingerprint density at radius 3 is 1.71 bits per heavy atom. The number of hydrogen-bond donors (Lipinski definition) is 0. The van der Waals surface area contributed by atoms with E-state index >= 15 is 0 Å². The van der Waals surface area contributed by atoms with Crippen molar-refractivity contribution in [1.29, 1.82) is 10.5 Å². The summed E-state index contributed by atoms with van der Waals surface area (Å²) in [5, 5.41) is 23.8. The van der Waals surface area contributed by atoms with Crippen molar-refractivity contribution >= 4 is 21.7 Å². The largest absolute Gasteiger partial charge is 0.308 e. The number of nitriles is 2. The van der Waals surface area contributed by atoms with Gasteiger partial charge in [-0.15, -0.1) is 0 Å². The molecule has 0 saturated carbocycles. The zero-order chi connectivity index (χ0) is 27.5. The molecule has 188 valence electrons. The van der Waals surface area contributed by atoms with E-state index < -0.39 is 0 Å². The topological polar surface area (TPSA) is 52.5 Å². The third kappa shape index (κ3) is 3.18. The lowest BCUT2D eigenvalue weighted by Crippen LogP contribution is -2.00. The van der Waals surface area contributed by atoms with Crippen LogP contribution >= 0.6 is 0 Å². The van der Waals surface area contributed by atoms with Crippen molar-refractivity contribution < 1.29 is 0 Å². The highest BCUT2D eigenvalue weighted by Gasteiger charge is 2.27. The molecule has 1 aliphatic carbocycles. The van der Waals surface area contributed by atoms with Gasteiger partial charge in [0, 0.05) is 27.5 Å².